The fraction of sp³-hybridized carbons (Fsp3) is 0.500. The summed E-state index contributed by atoms with van der Waals surface area (Å²) in [4.78, 5) is 0. The van der Waals surface area contributed by atoms with E-state index in [4.69, 9.17) is 32.4 Å². The standard InChI is InChI=1S/C14H19Cl2N3O2/c1-3-5-17-12(10-4-7-21-14(10)16)13-11(15)9-18-19(13)6-8-20-2/h4,7,9,12,17H,3,5-6,8H2,1-2H3. The molecule has 2 aromatic rings. The van der Waals surface area contributed by atoms with E-state index >= 15 is 0 Å². The smallest absolute Gasteiger partial charge is 0.198 e. The first-order chi connectivity index (χ1) is 10.2. The first kappa shape index (κ1) is 16.4. The summed E-state index contributed by atoms with van der Waals surface area (Å²) in [5, 5.41) is 8.71. The van der Waals surface area contributed by atoms with Gasteiger partial charge in [-0.3, -0.25) is 4.68 Å². The van der Waals surface area contributed by atoms with E-state index in [-0.39, 0.29) is 6.04 Å². The third kappa shape index (κ3) is 3.80. The molecule has 7 heteroatoms. The van der Waals surface area contributed by atoms with E-state index < -0.39 is 0 Å². The van der Waals surface area contributed by atoms with Crippen LogP contribution in [0.4, 0.5) is 0 Å². The summed E-state index contributed by atoms with van der Waals surface area (Å²) < 4.78 is 12.2. The van der Waals surface area contributed by atoms with E-state index in [1.807, 2.05) is 10.7 Å². The van der Waals surface area contributed by atoms with Crippen LogP contribution < -0.4 is 5.32 Å². The lowest BCUT2D eigenvalue weighted by atomic mass is 10.1. The molecule has 0 radical (unpaired) electrons. The van der Waals surface area contributed by atoms with Gasteiger partial charge in [0.05, 0.1) is 42.4 Å². The summed E-state index contributed by atoms with van der Waals surface area (Å²) >= 11 is 12.5. The molecule has 0 spiro atoms. The van der Waals surface area contributed by atoms with Gasteiger partial charge in [-0.05, 0) is 30.6 Å². The van der Waals surface area contributed by atoms with E-state index in [1.165, 1.54) is 0 Å². The second-order valence-electron chi connectivity index (χ2n) is 4.63. The highest BCUT2D eigenvalue weighted by Gasteiger charge is 2.25. The molecule has 0 aromatic carbocycles. The molecule has 0 bridgehead atoms. The Bertz CT molecular complexity index is 568. The van der Waals surface area contributed by atoms with Gasteiger partial charge in [-0.1, -0.05) is 18.5 Å². The van der Waals surface area contributed by atoms with Gasteiger partial charge in [-0.25, -0.2) is 0 Å². The van der Waals surface area contributed by atoms with Crippen LogP contribution in [0.25, 0.3) is 0 Å². The minimum Gasteiger partial charge on any atom is -0.453 e. The first-order valence-corrected chi connectivity index (χ1v) is 7.61. The molecule has 0 saturated heterocycles. The average Bonchev–Trinajstić information content (AvgIpc) is 3.05. The molecule has 1 atom stereocenters. The van der Waals surface area contributed by atoms with Crippen LogP contribution in [0.3, 0.4) is 0 Å². The van der Waals surface area contributed by atoms with Gasteiger partial charge in [0.25, 0.3) is 0 Å². The molecule has 0 fully saturated rings. The predicted octanol–water partition coefficient (Wildman–Crippen LogP) is 3.52. The summed E-state index contributed by atoms with van der Waals surface area (Å²) in [6.07, 6.45) is 4.21. The van der Waals surface area contributed by atoms with Gasteiger partial charge in [-0.2, -0.15) is 5.10 Å². The molecule has 1 unspecified atom stereocenters. The zero-order chi connectivity index (χ0) is 15.2. The molecule has 0 saturated carbocycles. The van der Waals surface area contributed by atoms with Gasteiger partial charge < -0.3 is 14.5 Å². The number of rotatable bonds is 8. The third-order valence-corrected chi connectivity index (χ3v) is 3.77. The largest absolute Gasteiger partial charge is 0.453 e. The molecule has 2 rings (SSSR count). The van der Waals surface area contributed by atoms with Crippen molar-refractivity contribution in [3.8, 4) is 0 Å². The summed E-state index contributed by atoms with van der Waals surface area (Å²) in [7, 11) is 1.66. The molecular formula is C14H19Cl2N3O2. The fourth-order valence-corrected chi connectivity index (χ4v) is 2.64. The number of aromatic nitrogens is 2. The van der Waals surface area contributed by atoms with E-state index in [1.54, 1.807) is 19.6 Å². The second kappa shape index (κ2) is 7.84. The summed E-state index contributed by atoms with van der Waals surface area (Å²) in [5.74, 6) is 0. The van der Waals surface area contributed by atoms with Crippen molar-refractivity contribution in [1.29, 1.82) is 0 Å². The quantitative estimate of drug-likeness (QED) is 0.804. The lowest BCUT2D eigenvalue weighted by Gasteiger charge is -2.20. The Morgan fingerprint density at radius 1 is 1.48 bits per heavy atom. The third-order valence-electron chi connectivity index (χ3n) is 3.17. The van der Waals surface area contributed by atoms with Crippen LogP contribution in [0.1, 0.15) is 30.6 Å². The molecule has 0 amide bonds. The Morgan fingerprint density at radius 3 is 2.90 bits per heavy atom. The molecule has 2 aromatic heterocycles. The molecule has 5 nitrogen and oxygen atoms in total. The summed E-state index contributed by atoms with van der Waals surface area (Å²) in [6.45, 7) is 4.12. The highest BCUT2D eigenvalue weighted by atomic mass is 35.5. The molecule has 0 aliphatic carbocycles. The molecule has 2 heterocycles. The van der Waals surface area contributed by atoms with Gasteiger partial charge >= 0.3 is 0 Å². The van der Waals surface area contributed by atoms with Crippen LogP contribution in [0.5, 0.6) is 0 Å². The maximum atomic E-state index is 6.33. The molecule has 0 aliphatic rings. The predicted molar refractivity (Wildman–Crippen MR) is 83.0 cm³/mol. The van der Waals surface area contributed by atoms with E-state index in [2.05, 4.69) is 17.3 Å². The number of hydrogen-bond donors (Lipinski definition) is 1. The van der Waals surface area contributed by atoms with Crippen molar-refractivity contribution < 1.29 is 9.15 Å². The molecule has 0 aliphatic heterocycles. The van der Waals surface area contributed by atoms with Crippen LogP contribution in [0, 0.1) is 0 Å². The van der Waals surface area contributed by atoms with Gasteiger partial charge in [0.1, 0.15) is 0 Å². The number of nitrogens with zero attached hydrogens (tertiary/aromatic N) is 2. The SMILES string of the molecule is CCCNC(c1ccoc1Cl)c1c(Cl)cnn1CCOC. The normalized spacial score (nSPS) is 12.8. The zero-order valence-corrected chi connectivity index (χ0v) is 13.6. The van der Waals surface area contributed by atoms with Gasteiger partial charge in [0.2, 0.25) is 0 Å². The Labute approximate surface area is 134 Å². The molecule has 1 N–H and O–H groups in total. The zero-order valence-electron chi connectivity index (χ0n) is 12.1. The first-order valence-electron chi connectivity index (χ1n) is 6.85. The number of hydrogen-bond acceptors (Lipinski definition) is 4. The van der Waals surface area contributed by atoms with Gasteiger partial charge in [-0.15, -0.1) is 0 Å². The molecule has 116 valence electrons. The lowest BCUT2D eigenvalue weighted by Crippen LogP contribution is -2.26. The van der Waals surface area contributed by atoms with Crippen LogP contribution in [-0.2, 0) is 11.3 Å². The Kier molecular flexibility index (Phi) is 6.11. The number of ether oxygens (including phenoxy) is 1. The van der Waals surface area contributed by atoms with Crippen molar-refractivity contribution in [1.82, 2.24) is 15.1 Å². The molecule has 21 heavy (non-hydrogen) atoms. The van der Waals surface area contributed by atoms with Crippen molar-refractivity contribution >= 4 is 23.2 Å². The lowest BCUT2D eigenvalue weighted by molar-refractivity contribution is 0.182. The maximum absolute atomic E-state index is 6.33. The Hall–Kier alpha value is -1.01. The Morgan fingerprint density at radius 2 is 2.29 bits per heavy atom. The van der Waals surface area contributed by atoms with Gasteiger partial charge in [0.15, 0.2) is 5.22 Å². The van der Waals surface area contributed by atoms with Crippen molar-refractivity contribution in [2.45, 2.75) is 25.9 Å². The number of halogens is 2. The van der Waals surface area contributed by atoms with Crippen LogP contribution >= 0.6 is 23.2 Å². The van der Waals surface area contributed by atoms with Gasteiger partial charge in [0, 0.05) is 12.7 Å². The average molecular weight is 332 g/mol. The van der Waals surface area contributed by atoms with E-state index in [0.717, 1.165) is 24.2 Å². The highest BCUT2D eigenvalue weighted by Crippen LogP contribution is 2.33. The highest BCUT2D eigenvalue weighted by molar-refractivity contribution is 6.31. The summed E-state index contributed by atoms with van der Waals surface area (Å²) in [6, 6.07) is 1.68. The fourth-order valence-electron chi connectivity index (χ4n) is 2.17. The minimum absolute atomic E-state index is 0.164. The molecular weight excluding hydrogens is 313 g/mol. The topological polar surface area (TPSA) is 52.2 Å². The number of methoxy groups -OCH3 is 1. The van der Waals surface area contributed by atoms with E-state index in [0.29, 0.717) is 23.4 Å². The van der Waals surface area contributed by atoms with Crippen molar-refractivity contribution in [2.24, 2.45) is 0 Å². The van der Waals surface area contributed by atoms with Crippen molar-refractivity contribution in [2.75, 3.05) is 20.3 Å². The minimum atomic E-state index is -0.164. The monoisotopic (exact) mass is 331 g/mol. The van der Waals surface area contributed by atoms with Crippen LogP contribution in [-0.4, -0.2) is 30.0 Å². The maximum Gasteiger partial charge on any atom is 0.198 e. The van der Waals surface area contributed by atoms with Crippen LogP contribution in [0.2, 0.25) is 10.2 Å². The van der Waals surface area contributed by atoms with Crippen molar-refractivity contribution in [3.05, 3.63) is 40.0 Å². The van der Waals surface area contributed by atoms with Crippen LogP contribution in [0.15, 0.2) is 22.9 Å². The second-order valence-corrected chi connectivity index (χ2v) is 5.38. The number of nitrogens with one attached hydrogen (secondary N) is 1. The van der Waals surface area contributed by atoms with E-state index in [9.17, 15) is 0 Å². The number of furan rings is 1. The summed E-state index contributed by atoms with van der Waals surface area (Å²) in [5.41, 5.74) is 1.72. The van der Waals surface area contributed by atoms with Crippen molar-refractivity contribution in [3.63, 3.8) is 0 Å². The Balaban J connectivity index is 2.36.